The molecule has 0 spiro atoms. The van der Waals surface area contributed by atoms with E-state index in [-0.39, 0.29) is 0 Å². The Morgan fingerprint density at radius 2 is 0.926 bits per heavy atom. The molecule has 3 aromatic heterocycles. The van der Waals surface area contributed by atoms with Crippen molar-refractivity contribution >= 4 is 54.5 Å². The zero-order valence-electron chi connectivity index (χ0n) is 29.3. The monoisotopic (exact) mass is 688 g/mol. The predicted octanol–water partition coefficient (Wildman–Crippen LogP) is 12.8. The summed E-state index contributed by atoms with van der Waals surface area (Å²) in [5.74, 6) is 0.924. The average Bonchev–Trinajstić information content (AvgIpc) is 3.81. The van der Waals surface area contributed by atoms with Crippen LogP contribution < -0.4 is 0 Å². The van der Waals surface area contributed by atoms with Gasteiger partial charge >= 0.3 is 0 Å². The standard InChI is InChI=1S/C50H32N4/c1-3-16-37(17-4-1)53-44-24-11-8-21-41(44)47-46(53)31-30-40-39-20-7-9-22-42(39)51-49(48(40)47)36-15-13-14-35(32-36)33-26-28-34(29-27-33)50-52-43-23-10-12-25-45(43)54(50)38-18-5-2-6-19-38/h1-32H. The van der Waals surface area contributed by atoms with Crippen LogP contribution in [0.2, 0.25) is 0 Å². The minimum atomic E-state index is 0.924. The van der Waals surface area contributed by atoms with E-state index in [9.17, 15) is 0 Å². The van der Waals surface area contributed by atoms with Crippen molar-refractivity contribution in [3.63, 3.8) is 0 Å². The predicted molar refractivity (Wildman–Crippen MR) is 225 cm³/mol. The summed E-state index contributed by atoms with van der Waals surface area (Å²) < 4.78 is 4.63. The van der Waals surface area contributed by atoms with Crippen molar-refractivity contribution in [2.24, 2.45) is 0 Å². The van der Waals surface area contributed by atoms with E-state index in [1.807, 2.05) is 12.1 Å². The van der Waals surface area contributed by atoms with Gasteiger partial charge in [0.2, 0.25) is 0 Å². The molecule has 3 heterocycles. The van der Waals surface area contributed by atoms with Gasteiger partial charge in [0.1, 0.15) is 5.82 Å². The molecule has 4 heteroatoms. The third-order valence-corrected chi connectivity index (χ3v) is 10.7. The van der Waals surface area contributed by atoms with Gasteiger partial charge in [-0.15, -0.1) is 0 Å². The smallest absolute Gasteiger partial charge is 0.145 e. The van der Waals surface area contributed by atoms with Crippen LogP contribution >= 0.6 is 0 Å². The summed E-state index contributed by atoms with van der Waals surface area (Å²) in [6, 6.07) is 68.9. The summed E-state index contributed by atoms with van der Waals surface area (Å²) in [7, 11) is 0. The average molecular weight is 689 g/mol. The van der Waals surface area contributed by atoms with Gasteiger partial charge in [0.15, 0.2) is 0 Å². The van der Waals surface area contributed by atoms with Crippen molar-refractivity contribution in [1.82, 2.24) is 19.1 Å². The lowest BCUT2D eigenvalue weighted by Crippen LogP contribution is -1.97. The molecule has 0 unspecified atom stereocenters. The van der Waals surface area contributed by atoms with Crippen LogP contribution in [-0.2, 0) is 0 Å². The number of imidazole rings is 1. The van der Waals surface area contributed by atoms with E-state index in [1.54, 1.807) is 0 Å². The first-order chi connectivity index (χ1) is 26.8. The Kier molecular flexibility index (Phi) is 6.82. The summed E-state index contributed by atoms with van der Waals surface area (Å²) in [5, 5.41) is 5.97. The molecule has 0 bridgehead atoms. The third kappa shape index (κ3) is 4.70. The van der Waals surface area contributed by atoms with Crippen LogP contribution in [0.5, 0.6) is 0 Å². The SMILES string of the molecule is c1ccc(-n2c(-c3ccc(-c4cccc(-c5nc6ccccc6c6ccc7c(c8ccccc8n7-c7ccccc7)c56)c4)cc3)nc3ccccc32)cc1. The first-order valence-electron chi connectivity index (χ1n) is 18.3. The molecule has 0 N–H and O–H groups in total. The fourth-order valence-corrected chi connectivity index (χ4v) is 8.29. The van der Waals surface area contributed by atoms with Crippen LogP contribution in [0.4, 0.5) is 0 Å². The molecule has 11 aromatic rings. The molecule has 0 atom stereocenters. The van der Waals surface area contributed by atoms with Crippen molar-refractivity contribution in [2.45, 2.75) is 0 Å². The quantitative estimate of drug-likeness (QED) is 0.169. The lowest BCUT2D eigenvalue weighted by Gasteiger charge is -2.14. The molecule has 8 aromatic carbocycles. The second kappa shape index (κ2) is 12.1. The summed E-state index contributed by atoms with van der Waals surface area (Å²) in [6.07, 6.45) is 0. The molecule has 0 amide bonds. The van der Waals surface area contributed by atoms with Crippen LogP contribution in [-0.4, -0.2) is 19.1 Å². The van der Waals surface area contributed by atoms with Crippen molar-refractivity contribution in [1.29, 1.82) is 0 Å². The molecule has 4 nitrogen and oxygen atoms in total. The van der Waals surface area contributed by atoms with E-state index in [1.165, 1.54) is 32.6 Å². The molecular weight excluding hydrogens is 657 g/mol. The normalized spacial score (nSPS) is 11.7. The van der Waals surface area contributed by atoms with Gasteiger partial charge < -0.3 is 4.57 Å². The van der Waals surface area contributed by atoms with Gasteiger partial charge in [-0.3, -0.25) is 4.57 Å². The first kappa shape index (κ1) is 30.3. The zero-order chi connectivity index (χ0) is 35.6. The van der Waals surface area contributed by atoms with E-state index >= 15 is 0 Å². The van der Waals surface area contributed by atoms with Gasteiger partial charge in [0, 0.05) is 44.0 Å². The van der Waals surface area contributed by atoms with Crippen molar-refractivity contribution < 1.29 is 0 Å². The molecule has 0 fully saturated rings. The van der Waals surface area contributed by atoms with Crippen LogP contribution in [0.3, 0.4) is 0 Å². The van der Waals surface area contributed by atoms with E-state index < -0.39 is 0 Å². The second-order valence-corrected chi connectivity index (χ2v) is 13.8. The first-order valence-corrected chi connectivity index (χ1v) is 18.3. The lowest BCUT2D eigenvalue weighted by molar-refractivity contribution is 1.10. The lowest BCUT2D eigenvalue weighted by atomic mass is 9.94. The highest BCUT2D eigenvalue weighted by atomic mass is 15.1. The van der Waals surface area contributed by atoms with Gasteiger partial charge in [-0.1, -0.05) is 133 Å². The van der Waals surface area contributed by atoms with Gasteiger partial charge in [-0.25, -0.2) is 9.97 Å². The molecule has 11 rings (SSSR count). The Labute approximate surface area is 311 Å². The highest BCUT2D eigenvalue weighted by Crippen LogP contribution is 2.43. The number of aromatic nitrogens is 4. The van der Waals surface area contributed by atoms with Crippen molar-refractivity contribution in [2.75, 3.05) is 0 Å². The summed E-state index contributed by atoms with van der Waals surface area (Å²) in [6.45, 7) is 0. The Morgan fingerprint density at radius 3 is 1.70 bits per heavy atom. The Balaban J connectivity index is 1.09. The highest BCUT2D eigenvalue weighted by molar-refractivity contribution is 6.28. The molecule has 0 saturated carbocycles. The number of rotatable bonds is 5. The maximum atomic E-state index is 5.44. The third-order valence-electron chi connectivity index (χ3n) is 10.7. The molecule has 0 aliphatic rings. The molecule has 0 radical (unpaired) electrons. The summed E-state index contributed by atoms with van der Waals surface area (Å²) in [5.41, 5.74) is 13.0. The van der Waals surface area contributed by atoms with Crippen molar-refractivity contribution in [3.05, 3.63) is 194 Å². The molecule has 252 valence electrons. The number of hydrogen-bond donors (Lipinski definition) is 0. The van der Waals surface area contributed by atoms with E-state index in [0.717, 1.165) is 67.1 Å². The Morgan fingerprint density at radius 1 is 0.315 bits per heavy atom. The van der Waals surface area contributed by atoms with Gasteiger partial charge in [0.25, 0.3) is 0 Å². The molecule has 54 heavy (non-hydrogen) atoms. The largest absolute Gasteiger partial charge is 0.309 e. The fourth-order valence-electron chi connectivity index (χ4n) is 8.29. The van der Waals surface area contributed by atoms with Crippen LogP contribution in [0.1, 0.15) is 0 Å². The number of nitrogens with zero attached hydrogens (tertiary/aromatic N) is 4. The van der Waals surface area contributed by atoms with E-state index in [2.05, 4.69) is 191 Å². The number of hydrogen-bond acceptors (Lipinski definition) is 2. The van der Waals surface area contributed by atoms with Gasteiger partial charge in [0.05, 0.1) is 33.3 Å². The zero-order valence-corrected chi connectivity index (χ0v) is 29.3. The Bertz CT molecular complexity index is 3190. The van der Waals surface area contributed by atoms with Crippen LogP contribution in [0.15, 0.2) is 194 Å². The number of pyridine rings is 1. The number of fused-ring (bicyclic) bond motifs is 8. The topological polar surface area (TPSA) is 35.6 Å². The minimum Gasteiger partial charge on any atom is -0.309 e. The Hall–Kier alpha value is -7.30. The molecular formula is C50H32N4. The maximum absolute atomic E-state index is 5.44. The molecule has 0 aliphatic carbocycles. The van der Waals surface area contributed by atoms with E-state index in [4.69, 9.17) is 9.97 Å². The summed E-state index contributed by atoms with van der Waals surface area (Å²) >= 11 is 0. The van der Waals surface area contributed by atoms with Crippen LogP contribution in [0.25, 0.3) is 99.7 Å². The second-order valence-electron chi connectivity index (χ2n) is 13.8. The summed E-state index contributed by atoms with van der Waals surface area (Å²) in [4.78, 5) is 10.5. The van der Waals surface area contributed by atoms with Gasteiger partial charge in [-0.05, 0) is 77.2 Å². The highest BCUT2D eigenvalue weighted by Gasteiger charge is 2.20. The fraction of sp³-hybridized carbons (Fsp3) is 0. The number of para-hydroxylation sites is 6. The minimum absolute atomic E-state index is 0.924. The van der Waals surface area contributed by atoms with Gasteiger partial charge in [-0.2, -0.15) is 0 Å². The maximum Gasteiger partial charge on any atom is 0.145 e. The van der Waals surface area contributed by atoms with E-state index in [0.29, 0.717) is 0 Å². The molecule has 0 aliphatic heterocycles. The molecule has 0 saturated heterocycles. The number of benzene rings is 8. The van der Waals surface area contributed by atoms with Crippen LogP contribution in [0, 0.1) is 0 Å². The van der Waals surface area contributed by atoms with Crippen molar-refractivity contribution in [3.8, 4) is 45.1 Å².